The topological polar surface area (TPSA) is 63.6 Å². The molecule has 0 fully saturated rings. The van der Waals surface area contributed by atoms with E-state index in [1.54, 1.807) is 0 Å². The monoisotopic (exact) mass is 581 g/mol. The highest BCUT2D eigenvalue weighted by Gasteiger charge is 1.99. The summed E-state index contributed by atoms with van der Waals surface area (Å²) in [6, 6.07) is 0. The minimum Gasteiger partial charge on any atom is -0.481 e. The van der Waals surface area contributed by atoms with Gasteiger partial charge in [-0.3, -0.25) is 9.59 Å². The highest BCUT2D eigenvalue weighted by Crippen LogP contribution is 2.14. The molecule has 244 valence electrons. The van der Waals surface area contributed by atoms with Crippen LogP contribution in [0.1, 0.15) is 206 Å². The third-order valence-corrected chi connectivity index (χ3v) is 7.86. The third-order valence-electron chi connectivity index (χ3n) is 7.86. The van der Waals surface area contributed by atoms with Gasteiger partial charge in [0.1, 0.15) is 0 Å². The standard InChI is InChI=1S/C19H36O2.C18H36O2/c1-3-4-5-6-7-8-9-10-11-12-13-14-15-16-17-18-19(20)21-2;1-2-3-4-5-6-7-8-9-10-11-12-13-14-15-16-17-18(19)20/h10-11H,3-9,12-18H2,1-2H3;2-17H2,1H3,(H,19,20). The van der Waals surface area contributed by atoms with Crippen LogP contribution in [-0.2, 0) is 14.3 Å². The van der Waals surface area contributed by atoms with Crippen molar-refractivity contribution >= 4 is 11.9 Å². The summed E-state index contributed by atoms with van der Waals surface area (Å²) in [6.07, 6.45) is 42.2. The maximum atomic E-state index is 10.9. The Labute approximate surface area is 256 Å². The average Bonchev–Trinajstić information content (AvgIpc) is 2.97. The van der Waals surface area contributed by atoms with Gasteiger partial charge in [0.05, 0.1) is 7.11 Å². The van der Waals surface area contributed by atoms with E-state index in [1.807, 2.05) is 0 Å². The molecule has 0 aliphatic rings. The first-order valence-corrected chi connectivity index (χ1v) is 18.0. The highest BCUT2D eigenvalue weighted by molar-refractivity contribution is 5.69. The second-order valence-corrected chi connectivity index (χ2v) is 12.0. The van der Waals surface area contributed by atoms with Crippen LogP contribution in [0.25, 0.3) is 0 Å². The van der Waals surface area contributed by atoms with E-state index in [0.717, 1.165) is 25.7 Å². The van der Waals surface area contributed by atoms with E-state index >= 15 is 0 Å². The zero-order valence-electron chi connectivity index (χ0n) is 28.0. The number of carbonyl (C=O) groups excluding carboxylic acids is 1. The lowest BCUT2D eigenvalue weighted by atomic mass is 10.0. The molecule has 0 aromatic rings. The molecule has 41 heavy (non-hydrogen) atoms. The number of esters is 1. The molecule has 4 nitrogen and oxygen atoms in total. The van der Waals surface area contributed by atoms with Crippen molar-refractivity contribution in [2.45, 2.75) is 206 Å². The number of ether oxygens (including phenoxy) is 1. The molecule has 1 N–H and O–H groups in total. The summed E-state index contributed by atoms with van der Waals surface area (Å²) in [5.74, 6) is -0.729. The van der Waals surface area contributed by atoms with E-state index in [2.05, 4.69) is 30.7 Å². The summed E-state index contributed by atoms with van der Waals surface area (Å²) in [5.41, 5.74) is 0. The lowest BCUT2D eigenvalue weighted by Gasteiger charge is -2.03. The van der Waals surface area contributed by atoms with Crippen LogP contribution < -0.4 is 0 Å². The molecule has 0 saturated heterocycles. The maximum absolute atomic E-state index is 10.9. The van der Waals surface area contributed by atoms with Crippen LogP contribution >= 0.6 is 0 Å². The van der Waals surface area contributed by atoms with Gasteiger partial charge in [0.25, 0.3) is 0 Å². The zero-order valence-corrected chi connectivity index (χ0v) is 28.0. The van der Waals surface area contributed by atoms with Crippen LogP contribution in [-0.4, -0.2) is 24.2 Å². The summed E-state index contributed by atoms with van der Waals surface area (Å²) in [5, 5.41) is 8.52. The van der Waals surface area contributed by atoms with E-state index in [9.17, 15) is 9.59 Å². The SMILES string of the molecule is CCCCCCCCC=CCCCCCCCC(=O)OC.CCCCCCCCCCCCCCCCCC(=O)O. The molecule has 0 aromatic heterocycles. The summed E-state index contributed by atoms with van der Waals surface area (Å²) in [6.45, 7) is 4.54. The lowest BCUT2D eigenvalue weighted by molar-refractivity contribution is -0.141. The largest absolute Gasteiger partial charge is 0.481 e. The Morgan fingerprint density at radius 1 is 0.463 bits per heavy atom. The van der Waals surface area contributed by atoms with Crippen molar-refractivity contribution in [1.29, 1.82) is 0 Å². The summed E-state index contributed by atoms with van der Waals surface area (Å²) < 4.78 is 4.62. The van der Waals surface area contributed by atoms with Crippen molar-refractivity contribution in [2.24, 2.45) is 0 Å². The van der Waals surface area contributed by atoms with Crippen molar-refractivity contribution in [3.8, 4) is 0 Å². The average molecular weight is 581 g/mol. The Morgan fingerprint density at radius 2 is 0.756 bits per heavy atom. The summed E-state index contributed by atoms with van der Waals surface area (Å²) in [7, 11) is 1.46. The van der Waals surface area contributed by atoms with E-state index in [0.29, 0.717) is 12.8 Å². The maximum Gasteiger partial charge on any atom is 0.305 e. The third kappa shape index (κ3) is 43.3. The Hall–Kier alpha value is -1.32. The molecule has 0 unspecified atom stereocenters. The number of hydrogen-bond acceptors (Lipinski definition) is 3. The minimum absolute atomic E-state index is 0.0763. The molecule has 0 amide bonds. The van der Waals surface area contributed by atoms with Gasteiger partial charge < -0.3 is 9.84 Å². The number of carboxylic acid groups (broad SMARTS) is 1. The number of hydrogen-bond donors (Lipinski definition) is 1. The Morgan fingerprint density at radius 3 is 1.07 bits per heavy atom. The predicted octanol–water partition coefficient (Wildman–Crippen LogP) is 12.5. The number of carboxylic acids is 1. The first-order valence-electron chi connectivity index (χ1n) is 18.0. The van der Waals surface area contributed by atoms with Crippen molar-refractivity contribution in [3.63, 3.8) is 0 Å². The second-order valence-electron chi connectivity index (χ2n) is 12.0. The molecule has 0 aliphatic heterocycles. The molecule has 0 atom stereocenters. The predicted molar refractivity (Wildman–Crippen MR) is 179 cm³/mol. The molecule has 0 saturated carbocycles. The molecule has 0 aromatic carbocycles. The lowest BCUT2D eigenvalue weighted by Crippen LogP contribution is -1.98. The van der Waals surface area contributed by atoms with Gasteiger partial charge in [-0.15, -0.1) is 0 Å². The minimum atomic E-state index is -0.653. The molecule has 0 heterocycles. The van der Waals surface area contributed by atoms with Gasteiger partial charge in [-0.2, -0.15) is 0 Å². The van der Waals surface area contributed by atoms with E-state index in [1.165, 1.54) is 161 Å². The number of aliphatic carboxylic acids is 1. The van der Waals surface area contributed by atoms with Gasteiger partial charge in [0.2, 0.25) is 0 Å². The quantitative estimate of drug-likeness (QED) is 0.0503. The second kappa shape index (κ2) is 38.7. The highest BCUT2D eigenvalue weighted by atomic mass is 16.5. The summed E-state index contributed by atoms with van der Waals surface area (Å²) >= 11 is 0. The summed E-state index contributed by atoms with van der Waals surface area (Å²) in [4.78, 5) is 21.2. The van der Waals surface area contributed by atoms with Crippen LogP contribution in [0.4, 0.5) is 0 Å². The molecule has 0 spiro atoms. The number of methoxy groups -OCH3 is 1. The fourth-order valence-electron chi connectivity index (χ4n) is 5.09. The van der Waals surface area contributed by atoms with Gasteiger partial charge in [0, 0.05) is 12.8 Å². The Kier molecular flexibility index (Phi) is 39.4. The first kappa shape index (κ1) is 41.8. The zero-order chi connectivity index (χ0) is 30.5. The fourth-order valence-corrected chi connectivity index (χ4v) is 5.09. The van der Waals surface area contributed by atoms with Crippen LogP contribution in [0.15, 0.2) is 12.2 Å². The number of allylic oxidation sites excluding steroid dienone is 2. The van der Waals surface area contributed by atoms with Crippen LogP contribution in [0.2, 0.25) is 0 Å². The van der Waals surface area contributed by atoms with Gasteiger partial charge in [-0.1, -0.05) is 167 Å². The molecule has 0 bridgehead atoms. The smallest absolute Gasteiger partial charge is 0.305 e. The van der Waals surface area contributed by atoms with E-state index < -0.39 is 5.97 Å². The van der Waals surface area contributed by atoms with E-state index in [-0.39, 0.29) is 5.97 Å². The van der Waals surface area contributed by atoms with Crippen LogP contribution in [0, 0.1) is 0 Å². The van der Waals surface area contributed by atoms with Gasteiger partial charge >= 0.3 is 11.9 Å². The van der Waals surface area contributed by atoms with Gasteiger partial charge in [-0.05, 0) is 38.5 Å². The van der Waals surface area contributed by atoms with Crippen molar-refractivity contribution in [1.82, 2.24) is 0 Å². The Bertz CT molecular complexity index is 543. The van der Waals surface area contributed by atoms with Crippen LogP contribution in [0.5, 0.6) is 0 Å². The number of unbranched alkanes of at least 4 members (excludes halogenated alkanes) is 25. The van der Waals surface area contributed by atoms with E-state index in [4.69, 9.17) is 5.11 Å². The normalized spacial score (nSPS) is 11.0. The molecular weight excluding hydrogens is 508 g/mol. The molecule has 0 radical (unpaired) electrons. The molecule has 0 aliphatic carbocycles. The first-order chi connectivity index (χ1) is 20.1. The fraction of sp³-hybridized carbons (Fsp3) is 0.892. The number of rotatable bonds is 31. The van der Waals surface area contributed by atoms with Gasteiger partial charge in [-0.25, -0.2) is 0 Å². The molecular formula is C37H72O4. The number of carbonyl (C=O) groups is 2. The molecule has 4 heteroatoms. The van der Waals surface area contributed by atoms with Gasteiger partial charge in [0.15, 0.2) is 0 Å². The van der Waals surface area contributed by atoms with Crippen molar-refractivity contribution in [2.75, 3.05) is 7.11 Å². The van der Waals surface area contributed by atoms with Crippen molar-refractivity contribution < 1.29 is 19.4 Å². The van der Waals surface area contributed by atoms with Crippen LogP contribution in [0.3, 0.4) is 0 Å². The molecule has 0 rings (SSSR count). The Balaban J connectivity index is 0. The van der Waals surface area contributed by atoms with Crippen molar-refractivity contribution in [3.05, 3.63) is 12.2 Å².